The number of hydrogen-bond acceptors (Lipinski definition) is 1. The van der Waals surface area contributed by atoms with Gasteiger partial charge in [0.25, 0.3) is 0 Å². The summed E-state index contributed by atoms with van der Waals surface area (Å²) in [6.45, 7) is 4.31. The van der Waals surface area contributed by atoms with Gasteiger partial charge in [-0.2, -0.15) is 0 Å². The van der Waals surface area contributed by atoms with E-state index in [1.807, 2.05) is 0 Å². The first-order chi connectivity index (χ1) is 8.74. The third-order valence-corrected chi connectivity index (χ3v) is 3.50. The van der Waals surface area contributed by atoms with Crippen molar-refractivity contribution in [3.8, 4) is 0 Å². The van der Waals surface area contributed by atoms with E-state index in [0.29, 0.717) is 0 Å². The van der Waals surface area contributed by atoms with E-state index in [4.69, 9.17) is 0 Å². The van der Waals surface area contributed by atoms with Gasteiger partial charge < -0.3 is 5.32 Å². The molecule has 0 aromatic heterocycles. The maximum atomic E-state index is 3.59. The molecule has 0 saturated carbocycles. The molecule has 1 heteroatoms. The molecule has 3 rings (SSSR count). The lowest BCUT2D eigenvalue weighted by Crippen LogP contribution is -2.13. The van der Waals surface area contributed by atoms with Gasteiger partial charge in [0.05, 0.1) is 6.04 Å². The number of anilines is 1. The predicted octanol–water partition coefficient (Wildman–Crippen LogP) is 4.48. The van der Waals surface area contributed by atoms with Crippen LogP contribution in [-0.2, 0) is 0 Å². The van der Waals surface area contributed by atoms with E-state index in [2.05, 4.69) is 73.8 Å². The highest BCUT2D eigenvalue weighted by Crippen LogP contribution is 2.31. The van der Waals surface area contributed by atoms with Crippen LogP contribution in [0.1, 0.15) is 28.3 Å². The van der Waals surface area contributed by atoms with Crippen LogP contribution in [0.25, 0.3) is 6.08 Å². The summed E-state index contributed by atoms with van der Waals surface area (Å²) in [4.78, 5) is 0. The fourth-order valence-corrected chi connectivity index (χ4v) is 2.55. The second-order valence-corrected chi connectivity index (χ2v) is 4.93. The average molecular weight is 235 g/mol. The molecular weight excluding hydrogens is 218 g/mol. The molecule has 1 N–H and O–H groups in total. The highest BCUT2D eigenvalue weighted by molar-refractivity contribution is 5.71. The Morgan fingerprint density at radius 1 is 1.00 bits per heavy atom. The van der Waals surface area contributed by atoms with Crippen LogP contribution in [0.15, 0.2) is 48.5 Å². The minimum Gasteiger partial charge on any atom is -0.374 e. The molecule has 1 heterocycles. The van der Waals surface area contributed by atoms with Gasteiger partial charge in [0, 0.05) is 5.69 Å². The van der Waals surface area contributed by atoms with Crippen LogP contribution in [-0.4, -0.2) is 0 Å². The van der Waals surface area contributed by atoms with Crippen molar-refractivity contribution in [2.45, 2.75) is 19.9 Å². The highest BCUT2D eigenvalue weighted by Gasteiger charge is 2.15. The summed E-state index contributed by atoms with van der Waals surface area (Å²) in [6, 6.07) is 15.3. The Kier molecular flexibility index (Phi) is 2.67. The van der Waals surface area contributed by atoms with Gasteiger partial charge in [-0.05, 0) is 36.6 Å². The lowest BCUT2D eigenvalue weighted by atomic mass is 9.95. The number of nitrogens with one attached hydrogen (secondary N) is 1. The predicted molar refractivity (Wildman–Crippen MR) is 77.8 cm³/mol. The molecule has 1 unspecified atom stereocenters. The number of aryl methyl sites for hydroxylation is 2. The number of fused-ring (bicyclic) bond motifs is 1. The first-order valence-corrected chi connectivity index (χ1v) is 6.35. The van der Waals surface area contributed by atoms with Gasteiger partial charge in [0.1, 0.15) is 0 Å². The van der Waals surface area contributed by atoms with Gasteiger partial charge in [0.15, 0.2) is 0 Å². The standard InChI is InChI=1S/C17H17N/c1-12-7-9-15(13(2)11-12)17-10-8-14-5-3-4-6-16(14)18-17/h3-11,17-18H,1-2H3. The Balaban J connectivity index is 1.97. The van der Waals surface area contributed by atoms with Crippen molar-refractivity contribution in [1.29, 1.82) is 0 Å². The van der Waals surface area contributed by atoms with Crippen LogP contribution >= 0.6 is 0 Å². The molecular formula is C17H17N. The fourth-order valence-electron chi connectivity index (χ4n) is 2.55. The second-order valence-electron chi connectivity index (χ2n) is 4.93. The zero-order valence-corrected chi connectivity index (χ0v) is 10.8. The lowest BCUT2D eigenvalue weighted by molar-refractivity contribution is 0.962. The van der Waals surface area contributed by atoms with Crippen LogP contribution in [0.5, 0.6) is 0 Å². The van der Waals surface area contributed by atoms with Crippen LogP contribution in [0.2, 0.25) is 0 Å². The minimum atomic E-state index is 0.278. The first kappa shape index (κ1) is 11.1. The van der Waals surface area contributed by atoms with Crippen molar-refractivity contribution in [2.24, 2.45) is 0 Å². The van der Waals surface area contributed by atoms with Crippen LogP contribution in [0, 0.1) is 13.8 Å². The normalized spacial score (nSPS) is 17.1. The van der Waals surface area contributed by atoms with E-state index in [-0.39, 0.29) is 6.04 Å². The molecule has 0 saturated heterocycles. The third-order valence-electron chi connectivity index (χ3n) is 3.50. The van der Waals surface area contributed by atoms with Crippen molar-refractivity contribution in [3.63, 3.8) is 0 Å². The van der Waals surface area contributed by atoms with Gasteiger partial charge in [-0.1, -0.05) is 54.1 Å². The summed E-state index contributed by atoms with van der Waals surface area (Å²) in [5.74, 6) is 0. The smallest absolute Gasteiger partial charge is 0.0704 e. The van der Waals surface area contributed by atoms with Crippen LogP contribution in [0.4, 0.5) is 5.69 Å². The molecule has 1 aliphatic heterocycles. The van der Waals surface area contributed by atoms with E-state index in [1.165, 1.54) is 27.9 Å². The van der Waals surface area contributed by atoms with E-state index in [9.17, 15) is 0 Å². The summed E-state index contributed by atoms with van der Waals surface area (Å²) in [5.41, 5.74) is 6.49. The molecule has 0 bridgehead atoms. The van der Waals surface area contributed by atoms with Gasteiger partial charge in [-0.3, -0.25) is 0 Å². The van der Waals surface area contributed by atoms with E-state index >= 15 is 0 Å². The summed E-state index contributed by atoms with van der Waals surface area (Å²) >= 11 is 0. The summed E-state index contributed by atoms with van der Waals surface area (Å²) in [7, 11) is 0. The van der Waals surface area contributed by atoms with Crippen molar-refractivity contribution < 1.29 is 0 Å². The number of benzene rings is 2. The molecule has 0 spiro atoms. The maximum absolute atomic E-state index is 3.59. The van der Waals surface area contributed by atoms with Crippen LogP contribution < -0.4 is 5.32 Å². The molecule has 2 aromatic rings. The van der Waals surface area contributed by atoms with Gasteiger partial charge >= 0.3 is 0 Å². The van der Waals surface area contributed by atoms with Crippen LogP contribution in [0.3, 0.4) is 0 Å². The average Bonchev–Trinajstić information content (AvgIpc) is 2.38. The Labute approximate surface area is 108 Å². The Morgan fingerprint density at radius 2 is 1.83 bits per heavy atom. The van der Waals surface area contributed by atoms with Crippen molar-refractivity contribution in [1.82, 2.24) is 0 Å². The molecule has 0 radical (unpaired) electrons. The first-order valence-electron chi connectivity index (χ1n) is 6.35. The number of hydrogen-bond donors (Lipinski definition) is 1. The van der Waals surface area contributed by atoms with E-state index < -0.39 is 0 Å². The third kappa shape index (κ3) is 1.92. The van der Waals surface area contributed by atoms with Gasteiger partial charge in [-0.25, -0.2) is 0 Å². The van der Waals surface area contributed by atoms with Crippen molar-refractivity contribution in [2.75, 3.05) is 5.32 Å². The molecule has 90 valence electrons. The molecule has 1 aliphatic rings. The largest absolute Gasteiger partial charge is 0.374 e. The van der Waals surface area contributed by atoms with Crippen molar-refractivity contribution >= 4 is 11.8 Å². The Bertz CT molecular complexity index is 611. The summed E-state index contributed by atoms with van der Waals surface area (Å²) in [5, 5.41) is 3.59. The number of rotatable bonds is 1. The van der Waals surface area contributed by atoms with E-state index in [1.54, 1.807) is 0 Å². The zero-order valence-electron chi connectivity index (χ0n) is 10.8. The fraction of sp³-hybridized carbons (Fsp3) is 0.176. The quantitative estimate of drug-likeness (QED) is 0.768. The number of para-hydroxylation sites is 1. The summed E-state index contributed by atoms with van der Waals surface area (Å²) in [6.07, 6.45) is 4.44. The molecule has 0 fully saturated rings. The summed E-state index contributed by atoms with van der Waals surface area (Å²) < 4.78 is 0. The molecule has 1 nitrogen and oxygen atoms in total. The Hall–Kier alpha value is -2.02. The van der Waals surface area contributed by atoms with E-state index in [0.717, 1.165) is 0 Å². The molecule has 1 atom stereocenters. The molecule has 2 aromatic carbocycles. The van der Waals surface area contributed by atoms with Gasteiger partial charge in [-0.15, -0.1) is 0 Å². The van der Waals surface area contributed by atoms with Gasteiger partial charge in [0.2, 0.25) is 0 Å². The monoisotopic (exact) mass is 235 g/mol. The topological polar surface area (TPSA) is 12.0 Å². The molecule has 18 heavy (non-hydrogen) atoms. The molecule has 0 aliphatic carbocycles. The van der Waals surface area contributed by atoms with Crippen molar-refractivity contribution in [3.05, 3.63) is 70.8 Å². The second kappa shape index (κ2) is 4.34. The minimum absolute atomic E-state index is 0.278. The molecule has 0 amide bonds. The SMILES string of the molecule is Cc1ccc(C2C=Cc3ccccc3N2)c(C)c1. The zero-order chi connectivity index (χ0) is 12.5. The lowest BCUT2D eigenvalue weighted by Gasteiger charge is -2.24. The highest BCUT2D eigenvalue weighted by atomic mass is 14.9. The Morgan fingerprint density at radius 3 is 2.67 bits per heavy atom. The maximum Gasteiger partial charge on any atom is 0.0704 e.